The number of likely N-dealkylation sites (N-methyl/N-ethyl adjacent to an activating group) is 1. The molecule has 0 spiro atoms. The van der Waals surface area contributed by atoms with Crippen LogP contribution in [0.5, 0.6) is 0 Å². The third-order valence-corrected chi connectivity index (χ3v) is 7.26. The molecule has 2 aliphatic heterocycles. The van der Waals surface area contributed by atoms with E-state index < -0.39 is 17.9 Å². The van der Waals surface area contributed by atoms with Crippen molar-refractivity contribution >= 4 is 29.1 Å². The van der Waals surface area contributed by atoms with Crippen LogP contribution in [0.15, 0.2) is 29.6 Å². The highest BCUT2D eigenvalue weighted by molar-refractivity contribution is 7.09. The summed E-state index contributed by atoms with van der Waals surface area (Å²) >= 11 is 1.58. The molecule has 9 heteroatoms. The lowest BCUT2D eigenvalue weighted by Gasteiger charge is -2.32. The molecule has 2 aliphatic rings. The van der Waals surface area contributed by atoms with Crippen LogP contribution in [0, 0.1) is 5.92 Å². The minimum absolute atomic E-state index is 0.172. The van der Waals surface area contributed by atoms with E-state index in [4.69, 9.17) is 9.72 Å². The number of carbonyl (C=O) groups excluding carboxylic acids is 3. The summed E-state index contributed by atoms with van der Waals surface area (Å²) in [5.74, 6) is -1.22. The van der Waals surface area contributed by atoms with Crippen LogP contribution in [0.25, 0.3) is 0 Å². The minimum atomic E-state index is -0.848. The molecule has 1 aromatic heterocycles. The Hall–Kier alpha value is -2.62. The van der Waals surface area contributed by atoms with Gasteiger partial charge in [0.1, 0.15) is 11.0 Å². The SMILES string of the molecule is CCC(C)C(C(=O)N(C)Cc1csc(CN2CCOCC2)n1)N1C(=O)c2ccccc2C1=O. The predicted octanol–water partition coefficient (Wildman–Crippen LogP) is 2.64. The van der Waals surface area contributed by atoms with Crippen LogP contribution in [-0.2, 0) is 22.6 Å². The van der Waals surface area contributed by atoms with Crippen molar-refractivity contribution < 1.29 is 19.1 Å². The number of nitrogens with zero attached hydrogens (tertiary/aromatic N) is 4. The van der Waals surface area contributed by atoms with Gasteiger partial charge in [-0.3, -0.25) is 24.2 Å². The van der Waals surface area contributed by atoms with Crippen LogP contribution in [-0.4, -0.2) is 76.8 Å². The van der Waals surface area contributed by atoms with Crippen LogP contribution in [0.2, 0.25) is 0 Å². The number of ether oxygens (including phenoxy) is 1. The first-order valence-electron chi connectivity index (χ1n) is 11.4. The van der Waals surface area contributed by atoms with Gasteiger partial charge < -0.3 is 9.64 Å². The van der Waals surface area contributed by atoms with Gasteiger partial charge in [0.25, 0.3) is 11.8 Å². The first-order chi connectivity index (χ1) is 15.9. The van der Waals surface area contributed by atoms with Crippen molar-refractivity contribution in [2.75, 3.05) is 33.4 Å². The Morgan fingerprint density at radius 2 is 1.82 bits per heavy atom. The molecule has 1 saturated heterocycles. The zero-order valence-corrected chi connectivity index (χ0v) is 20.1. The normalized spacial score (nSPS) is 18.3. The molecule has 2 aromatic rings. The number of fused-ring (bicyclic) bond motifs is 1. The summed E-state index contributed by atoms with van der Waals surface area (Å²) in [6.07, 6.45) is 0.665. The molecule has 0 bridgehead atoms. The van der Waals surface area contributed by atoms with Crippen LogP contribution in [0.1, 0.15) is 51.7 Å². The van der Waals surface area contributed by atoms with Gasteiger partial charge in [-0.15, -0.1) is 11.3 Å². The highest BCUT2D eigenvalue weighted by Gasteiger charge is 2.45. The summed E-state index contributed by atoms with van der Waals surface area (Å²) in [6, 6.07) is 5.90. The van der Waals surface area contributed by atoms with E-state index in [2.05, 4.69) is 4.90 Å². The van der Waals surface area contributed by atoms with E-state index in [0.29, 0.717) is 24.1 Å². The molecule has 0 radical (unpaired) electrons. The molecule has 2 unspecified atom stereocenters. The largest absolute Gasteiger partial charge is 0.379 e. The first-order valence-corrected chi connectivity index (χ1v) is 12.2. The molecule has 176 valence electrons. The molecule has 3 heterocycles. The highest BCUT2D eigenvalue weighted by Crippen LogP contribution is 2.29. The molecule has 0 aliphatic carbocycles. The number of hydrogen-bond acceptors (Lipinski definition) is 7. The van der Waals surface area contributed by atoms with Crippen molar-refractivity contribution in [2.45, 2.75) is 39.4 Å². The topological polar surface area (TPSA) is 83.1 Å². The molecule has 0 saturated carbocycles. The molecular weight excluding hydrogens is 440 g/mol. The second-order valence-corrected chi connectivity index (χ2v) is 9.61. The summed E-state index contributed by atoms with van der Waals surface area (Å²) < 4.78 is 5.40. The number of rotatable bonds is 8. The predicted molar refractivity (Wildman–Crippen MR) is 125 cm³/mol. The monoisotopic (exact) mass is 470 g/mol. The quantitative estimate of drug-likeness (QED) is 0.552. The summed E-state index contributed by atoms with van der Waals surface area (Å²) in [5, 5.41) is 2.98. The fourth-order valence-electron chi connectivity index (χ4n) is 4.28. The third kappa shape index (κ3) is 4.85. The van der Waals surface area contributed by atoms with Gasteiger partial charge in [-0.05, 0) is 18.1 Å². The molecule has 2 atom stereocenters. The van der Waals surface area contributed by atoms with Gasteiger partial charge in [-0.2, -0.15) is 0 Å². The molecule has 33 heavy (non-hydrogen) atoms. The van der Waals surface area contributed by atoms with E-state index in [1.165, 1.54) is 0 Å². The van der Waals surface area contributed by atoms with Crippen LogP contribution >= 0.6 is 11.3 Å². The Morgan fingerprint density at radius 1 is 1.18 bits per heavy atom. The van der Waals surface area contributed by atoms with Crippen LogP contribution in [0.4, 0.5) is 0 Å². The number of thiazole rings is 1. The number of benzene rings is 1. The van der Waals surface area contributed by atoms with E-state index in [-0.39, 0.29) is 11.8 Å². The molecule has 1 aromatic carbocycles. The minimum Gasteiger partial charge on any atom is -0.379 e. The Bertz CT molecular complexity index is 998. The number of imide groups is 1. The maximum absolute atomic E-state index is 13.5. The Labute approximate surface area is 198 Å². The Kier molecular flexibility index (Phi) is 7.21. The van der Waals surface area contributed by atoms with Crippen LogP contribution in [0.3, 0.4) is 0 Å². The Balaban J connectivity index is 1.47. The first kappa shape index (κ1) is 23.5. The standard InChI is InChI=1S/C24H30N4O4S/c1-4-16(2)21(28-22(29)18-7-5-6-8-19(18)23(28)30)24(31)26(3)13-17-15-33-20(25-17)14-27-9-11-32-12-10-27/h5-8,15-16,21H,4,9-14H2,1-3H3. The van der Waals surface area contributed by atoms with E-state index in [1.807, 2.05) is 19.2 Å². The van der Waals surface area contributed by atoms with E-state index in [1.54, 1.807) is 47.5 Å². The average Bonchev–Trinajstić information content (AvgIpc) is 3.37. The molecular formula is C24H30N4O4S. The van der Waals surface area contributed by atoms with Gasteiger partial charge in [-0.1, -0.05) is 32.4 Å². The highest BCUT2D eigenvalue weighted by atomic mass is 32.1. The van der Waals surface area contributed by atoms with Gasteiger partial charge in [0, 0.05) is 25.5 Å². The van der Waals surface area contributed by atoms with E-state index in [0.717, 1.165) is 48.4 Å². The number of aromatic nitrogens is 1. The van der Waals surface area contributed by atoms with E-state index in [9.17, 15) is 14.4 Å². The van der Waals surface area contributed by atoms with Gasteiger partial charge in [-0.25, -0.2) is 4.98 Å². The smallest absolute Gasteiger partial charge is 0.262 e. The van der Waals surface area contributed by atoms with Crippen molar-refractivity contribution in [2.24, 2.45) is 5.92 Å². The van der Waals surface area contributed by atoms with Gasteiger partial charge in [0.05, 0.1) is 43.1 Å². The number of hydrogen-bond donors (Lipinski definition) is 0. The summed E-state index contributed by atoms with van der Waals surface area (Å²) in [5.41, 5.74) is 1.53. The van der Waals surface area contributed by atoms with Gasteiger partial charge in [0.15, 0.2) is 0 Å². The third-order valence-electron chi connectivity index (χ3n) is 6.38. The van der Waals surface area contributed by atoms with Gasteiger partial charge in [0.2, 0.25) is 5.91 Å². The number of carbonyl (C=O) groups is 3. The number of amides is 3. The van der Waals surface area contributed by atoms with Gasteiger partial charge >= 0.3 is 0 Å². The number of morpholine rings is 1. The van der Waals surface area contributed by atoms with E-state index >= 15 is 0 Å². The van der Waals surface area contributed by atoms with Crippen LogP contribution < -0.4 is 0 Å². The fraction of sp³-hybridized carbons (Fsp3) is 0.500. The van der Waals surface area contributed by atoms with Crippen molar-refractivity contribution in [3.05, 3.63) is 51.5 Å². The molecule has 0 N–H and O–H groups in total. The van der Waals surface area contributed by atoms with Crippen molar-refractivity contribution in [1.29, 1.82) is 0 Å². The zero-order valence-electron chi connectivity index (χ0n) is 19.3. The fourth-order valence-corrected chi connectivity index (χ4v) is 5.11. The lowest BCUT2D eigenvalue weighted by molar-refractivity contribution is -0.136. The van der Waals surface area contributed by atoms with Crippen molar-refractivity contribution in [1.82, 2.24) is 19.7 Å². The maximum atomic E-state index is 13.5. The molecule has 1 fully saturated rings. The van der Waals surface area contributed by atoms with Crippen molar-refractivity contribution in [3.8, 4) is 0 Å². The lowest BCUT2D eigenvalue weighted by Crippen LogP contribution is -2.53. The summed E-state index contributed by atoms with van der Waals surface area (Å²) in [6.45, 7) is 8.23. The summed E-state index contributed by atoms with van der Waals surface area (Å²) in [7, 11) is 1.71. The lowest BCUT2D eigenvalue weighted by atomic mass is 9.96. The molecule has 3 amide bonds. The summed E-state index contributed by atoms with van der Waals surface area (Å²) in [4.78, 5) is 49.4. The Morgan fingerprint density at radius 3 is 2.42 bits per heavy atom. The second kappa shape index (κ2) is 10.1. The second-order valence-electron chi connectivity index (χ2n) is 8.67. The molecule has 8 nitrogen and oxygen atoms in total. The molecule has 4 rings (SSSR count). The average molecular weight is 471 g/mol. The maximum Gasteiger partial charge on any atom is 0.262 e. The van der Waals surface area contributed by atoms with Crippen molar-refractivity contribution in [3.63, 3.8) is 0 Å². The zero-order chi connectivity index (χ0) is 23.5.